The lowest BCUT2D eigenvalue weighted by molar-refractivity contribution is -0.133. The molecule has 1 aliphatic carbocycles. The monoisotopic (exact) mass is 268 g/mol. The average Bonchev–Trinajstić information content (AvgIpc) is 2.81. The van der Waals surface area contributed by atoms with Gasteiger partial charge in [0.25, 0.3) is 0 Å². The van der Waals surface area contributed by atoms with Crippen LogP contribution in [0, 0.1) is 0 Å². The summed E-state index contributed by atoms with van der Waals surface area (Å²) in [6, 6.07) is 0. The van der Waals surface area contributed by atoms with Crippen LogP contribution in [0.1, 0.15) is 46.2 Å². The van der Waals surface area contributed by atoms with Crippen molar-refractivity contribution in [2.75, 3.05) is 5.75 Å². The molecule has 0 bridgehead atoms. The Labute approximate surface area is 112 Å². The second-order valence-electron chi connectivity index (χ2n) is 6.19. The van der Waals surface area contributed by atoms with Gasteiger partial charge in [0.15, 0.2) is 5.16 Å². The summed E-state index contributed by atoms with van der Waals surface area (Å²) in [5.41, 5.74) is 1.36. The van der Waals surface area contributed by atoms with Gasteiger partial charge in [-0.2, -0.15) is 0 Å². The molecule has 0 aromatic carbocycles. The van der Waals surface area contributed by atoms with E-state index >= 15 is 0 Å². The van der Waals surface area contributed by atoms with Gasteiger partial charge >= 0.3 is 5.97 Å². The summed E-state index contributed by atoms with van der Waals surface area (Å²) in [6.45, 7) is 8.71. The fourth-order valence-electron chi connectivity index (χ4n) is 2.02. The minimum atomic E-state index is -0.798. The Balaban J connectivity index is 2.36. The van der Waals surface area contributed by atoms with Crippen LogP contribution >= 0.6 is 11.8 Å². The van der Waals surface area contributed by atoms with Crippen LogP contribution in [-0.2, 0) is 15.7 Å². The minimum absolute atomic E-state index is 0.0284. The maximum Gasteiger partial charge on any atom is 0.313 e. The van der Waals surface area contributed by atoms with E-state index in [-0.39, 0.29) is 16.7 Å². The van der Waals surface area contributed by atoms with Crippen LogP contribution in [-0.4, -0.2) is 26.4 Å². The van der Waals surface area contributed by atoms with Crippen LogP contribution in [0.3, 0.4) is 0 Å². The number of carboxylic acid groups (broad SMARTS) is 1. The smallest absolute Gasteiger partial charge is 0.313 e. The summed E-state index contributed by atoms with van der Waals surface area (Å²) in [7, 11) is 0. The Bertz CT molecular complexity index is 470. The second kappa shape index (κ2) is 4.30. The number of aromatic nitrogens is 2. The van der Waals surface area contributed by atoms with E-state index in [1.807, 2.05) is 6.20 Å². The number of hydrogen-bond acceptors (Lipinski definition) is 3. The number of aliphatic carboxylic acids is 1. The number of carboxylic acids is 1. The van der Waals surface area contributed by atoms with Crippen LogP contribution in [0.15, 0.2) is 11.4 Å². The van der Waals surface area contributed by atoms with E-state index in [4.69, 9.17) is 5.11 Å². The molecular weight excluding hydrogens is 248 g/mol. The molecule has 1 aromatic rings. The average molecular weight is 268 g/mol. The summed E-state index contributed by atoms with van der Waals surface area (Å²) < 4.78 is 2.25. The summed E-state index contributed by atoms with van der Waals surface area (Å²) in [5.74, 6) is -0.732. The maximum absolute atomic E-state index is 10.7. The molecule has 18 heavy (non-hydrogen) atoms. The van der Waals surface area contributed by atoms with E-state index in [0.717, 1.165) is 18.0 Å². The third kappa shape index (κ3) is 2.55. The van der Waals surface area contributed by atoms with E-state index in [2.05, 4.69) is 37.2 Å². The molecule has 0 unspecified atom stereocenters. The predicted molar refractivity (Wildman–Crippen MR) is 72.2 cm³/mol. The van der Waals surface area contributed by atoms with Crippen molar-refractivity contribution in [1.29, 1.82) is 0 Å². The number of thioether (sulfide) groups is 1. The summed E-state index contributed by atoms with van der Waals surface area (Å²) in [4.78, 5) is 15.1. The van der Waals surface area contributed by atoms with E-state index in [1.165, 1.54) is 17.5 Å². The van der Waals surface area contributed by atoms with Crippen molar-refractivity contribution in [1.82, 2.24) is 9.55 Å². The Morgan fingerprint density at radius 1 is 1.56 bits per heavy atom. The highest BCUT2D eigenvalue weighted by atomic mass is 32.2. The SMILES string of the molecule is CC(C)(C)c1cnc(SCC(=O)O)n1C1(C)CC1. The van der Waals surface area contributed by atoms with Crippen LogP contribution in [0.5, 0.6) is 0 Å². The molecule has 1 aromatic heterocycles. The molecule has 1 N–H and O–H groups in total. The van der Waals surface area contributed by atoms with Crippen LogP contribution in [0.25, 0.3) is 0 Å². The lowest BCUT2D eigenvalue weighted by Crippen LogP contribution is -2.24. The molecule has 2 rings (SSSR count). The van der Waals surface area contributed by atoms with Crippen LogP contribution < -0.4 is 0 Å². The molecule has 5 heteroatoms. The molecule has 1 aliphatic rings. The van der Waals surface area contributed by atoms with Gasteiger partial charge < -0.3 is 9.67 Å². The van der Waals surface area contributed by atoms with Gasteiger partial charge in [-0.15, -0.1) is 0 Å². The first-order valence-corrected chi connectivity index (χ1v) is 7.16. The lowest BCUT2D eigenvalue weighted by Gasteiger charge is -2.25. The normalized spacial score (nSPS) is 17.8. The van der Waals surface area contributed by atoms with Crippen LogP contribution in [0.2, 0.25) is 0 Å². The predicted octanol–water partition coefficient (Wildman–Crippen LogP) is 2.87. The molecule has 0 radical (unpaired) electrons. The van der Waals surface area contributed by atoms with Crippen LogP contribution in [0.4, 0.5) is 0 Å². The number of nitrogens with zero attached hydrogens (tertiary/aromatic N) is 2. The molecule has 1 heterocycles. The van der Waals surface area contributed by atoms with Crippen molar-refractivity contribution in [3.63, 3.8) is 0 Å². The molecule has 1 fully saturated rings. The maximum atomic E-state index is 10.7. The molecule has 0 atom stereocenters. The third-order valence-corrected chi connectivity index (χ3v) is 4.27. The summed E-state index contributed by atoms with van der Waals surface area (Å²) >= 11 is 1.31. The third-order valence-electron chi connectivity index (χ3n) is 3.34. The van der Waals surface area contributed by atoms with E-state index in [9.17, 15) is 4.79 Å². The zero-order valence-corrected chi connectivity index (χ0v) is 12.2. The van der Waals surface area contributed by atoms with Gasteiger partial charge in [0, 0.05) is 22.8 Å². The first kappa shape index (κ1) is 13.5. The molecule has 0 spiro atoms. The summed E-state index contributed by atoms with van der Waals surface area (Å²) in [6.07, 6.45) is 4.19. The van der Waals surface area contributed by atoms with Crippen molar-refractivity contribution >= 4 is 17.7 Å². The fraction of sp³-hybridized carbons (Fsp3) is 0.692. The van der Waals surface area contributed by atoms with Gasteiger partial charge in [-0.25, -0.2) is 4.98 Å². The Morgan fingerprint density at radius 2 is 2.17 bits per heavy atom. The summed E-state index contributed by atoms with van der Waals surface area (Å²) in [5, 5.41) is 9.63. The lowest BCUT2D eigenvalue weighted by atomic mass is 9.92. The zero-order valence-electron chi connectivity index (χ0n) is 11.4. The van der Waals surface area contributed by atoms with Crippen molar-refractivity contribution in [2.24, 2.45) is 0 Å². The largest absolute Gasteiger partial charge is 0.481 e. The highest BCUT2D eigenvalue weighted by Gasteiger charge is 2.43. The number of carbonyl (C=O) groups is 1. The Hall–Kier alpha value is -0.970. The molecule has 0 amide bonds. The fourth-order valence-corrected chi connectivity index (χ4v) is 2.85. The van der Waals surface area contributed by atoms with Gasteiger partial charge in [-0.3, -0.25) is 4.79 Å². The molecule has 1 saturated carbocycles. The van der Waals surface area contributed by atoms with Crippen molar-refractivity contribution in [2.45, 2.75) is 56.6 Å². The van der Waals surface area contributed by atoms with Crippen molar-refractivity contribution < 1.29 is 9.90 Å². The number of rotatable bonds is 4. The molecular formula is C13H20N2O2S. The van der Waals surface area contributed by atoms with E-state index in [1.54, 1.807) is 0 Å². The highest BCUT2D eigenvalue weighted by Crippen LogP contribution is 2.47. The minimum Gasteiger partial charge on any atom is -0.481 e. The molecule has 0 aliphatic heterocycles. The number of imidazole rings is 1. The van der Waals surface area contributed by atoms with Crippen molar-refractivity contribution in [3.05, 3.63) is 11.9 Å². The molecule has 100 valence electrons. The van der Waals surface area contributed by atoms with Gasteiger partial charge in [0.2, 0.25) is 0 Å². The Kier molecular flexibility index (Phi) is 3.21. The van der Waals surface area contributed by atoms with Gasteiger partial charge in [0.05, 0.1) is 5.75 Å². The Morgan fingerprint density at radius 3 is 2.61 bits per heavy atom. The number of hydrogen-bond donors (Lipinski definition) is 1. The van der Waals surface area contributed by atoms with Gasteiger partial charge in [0.1, 0.15) is 0 Å². The van der Waals surface area contributed by atoms with Gasteiger partial charge in [-0.05, 0) is 19.8 Å². The molecule has 4 nitrogen and oxygen atoms in total. The first-order chi connectivity index (χ1) is 8.24. The zero-order chi connectivity index (χ0) is 13.6. The van der Waals surface area contributed by atoms with E-state index < -0.39 is 5.97 Å². The molecule has 0 saturated heterocycles. The topological polar surface area (TPSA) is 55.1 Å². The van der Waals surface area contributed by atoms with Gasteiger partial charge in [-0.1, -0.05) is 32.5 Å². The standard InChI is InChI=1S/C13H20N2O2S/c1-12(2,3)9-7-14-11(18-8-10(16)17)15(9)13(4)5-6-13/h7H,5-6,8H2,1-4H3,(H,16,17). The van der Waals surface area contributed by atoms with E-state index in [0.29, 0.717) is 0 Å². The van der Waals surface area contributed by atoms with Crippen molar-refractivity contribution in [3.8, 4) is 0 Å². The second-order valence-corrected chi connectivity index (χ2v) is 7.13. The first-order valence-electron chi connectivity index (χ1n) is 6.17. The quantitative estimate of drug-likeness (QED) is 0.853. The highest BCUT2D eigenvalue weighted by molar-refractivity contribution is 7.99.